The molecule has 1 heterocycles. The number of benzene rings is 1. The molecule has 0 radical (unpaired) electrons. The van der Waals surface area contributed by atoms with Crippen molar-refractivity contribution in [3.8, 4) is 0 Å². The van der Waals surface area contributed by atoms with Crippen LogP contribution in [0.15, 0.2) is 47.8 Å². The normalized spacial score (nSPS) is 7.89. The van der Waals surface area contributed by atoms with Crippen LogP contribution in [0.2, 0.25) is 0 Å². The summed E-state index contributed by atoms with van der Waals surface area (Å²) in [5.41, 5.74) is 1.41. The highest BCUT2D eigenvalue weighted by Crippen LogP contribution is 2.07. The third-order valence-corrected chi connectivity index (χ3v) is 3.20. The molecule has 0 N–H and O–H groups in total. The Bertz CT molecular complexity index is 335. The van der Waals surface area contributed by atoms with E-state index in [0.717, 1.165) is 6.42 Å². The molecule has 0 unspecified atom stereocenters. The summed E-state index contributed by atoms with van der Waals surface area (Å²) in [6.45, 7) is 12.3. The van der Waals surface area contributed by atoms with Gasteiger partial charge >= 0.3 is 0 Å². The second-order valence-corrected chi connectivity index (χ2v) is 4.30. The average Bonchev–Trinajstić information content (AvgIpc) is 3.06. The highest BCUT2D eigenvalue weighted by atomic mass is 32.1. The lowest BCUT2D eigenvalue weighted by Gasteiger charge is -1.89. The molecule has 2 rings (SSSR count). The molecule has 1 aromatic heterocycles. The quantitative estimate of drug-likeness (QED) is 0.579. The summed E-state index contributed by atoms with van der Waals surface area (Å²) >= 11 is 1.82. The van der Waals surface area contributed by atoms with E-state index in [9.17, 15) is 0 Å². The van der Waals surface area contributed by atoms with Gasteiger partial charge in [-0.05, 0) is 29.9 Å². The van der Waals surface area contributed by atoms with E-state index in [-0.39, 0.29) is 0 Å². The van der Waals surface area contributed by atoms with Gasteiger partial charge in [0.15, 0.2) is 0 Å². The van der Waals surface area contributed by atoms with Crippen LogP contribution in [0.1, 0.15) is 52.0 Å². The molecule has 0 nitrogen and oxygen atoms in total. The fourth-order valence-corrected chi connectivity index (χ4v) is 1.88. The van der Waals surface area contributed by atoms with Gasteiger partial charge in [0.2, 0.25) is 0 Å². The van der Waals surface area contributed by atoms with Gasteiger partial charge in [-0.15, -0.1) is 11.3 Å². The molecular weight excluding hydrogens is 248 g/mol. The molecule has 0 atom stereocenters. The summed E-state index contributed by atoms with van der Waals surface area (Å²) in [4.78, 5) is 1.47. The zero-order valence-corrected chi connectivity index (χ0v) is 14.3. The molecule has 0 bridgehead atoms. The van der Waals surface area contributed by atoms with Gasteiger partial charge in [-0.3, -0.25) is 0 Å². The van der Waals surface area contributed by atoms with Crippen LogP contribution in [0.5, 0.6) is 0 Å². The molecule has 108 valence electrons. The summed E-state index contributed by atoms with van der Waals surface area (Å²) in [6, 6.07) is 14.7. The fraction of sp³-hybridized carbons (Fsp3) is 0.444. The summed E-state index contributed by atoms with van der Waals surface area (Å²) < 4.78 is 0. The Morgan fingerprint density at radius 3 is 1.58 bits per heavy atom. The van der Waals surface area contributed by atoms with E-state index >= 15 is 0 Å². The SMILES string of the molecule is CC.CC.CCc1ccccc1.CCc1cccs1. The van der Waals surface area contributed by atoms with Gasteiger partial charge in [0.25, 0.3) is 0 Å². The molecule has 0 aliphatic rings. The van der Waals surface area contributed by atoms with Crippen LogP contribution in [0, 0.1) is 0 Å². The van der Waals surface area contributed by atoms with E-state index in [2.05, 4.69) is 55.6 Å². The molecule has 0 amide bonds. The van der Waals surface area contributed by atoms with E-state index in [1.54, 1.807) is 0 Å². The number of aryl methyl sites for hydroxylation is 2. The maximum Gasteiger partial charge on any atom is 0.00424 e. The highest BCUT2D eigenvalue weighted by Gasteiger charge is 1.82. The van der Waals surface area contributed by atoms with Crippen molar-refractivity contribution in [1.82, 2.24) is 0 Å². The van der Waals surface area contributed by atoms with Crippen LogP contribution in [0.25, 0.3) is 0 Å². The molecule has 1 heteroatoms. The number of thiophene rings is 1. The lowest BCUT2D eigenvalue weighted by atomic mass is 10.2. The molecule has 19 heavy (non-hydrogen) atoms. The monoisotopic (exact) mass is 278 g/mol. The van der Waals surface area contributed by atoms with Crippen molar-refractivity contribution >= 4 is 11.3 Å². The highest BCUT2D eigenvalue weighted by molar-refractivity contribution is 7.09. The number of hydrogen-bond acceptors (Lipinski definition) is 1. The summed E-state index contributed by atoms with van der Waals surface area (Å²) in [5, 5.41) is 2.11. The standard InChI is InChI=1S/C8H10.C6H8S.2C2H6/c1-2-8-6-4-3-5-7-8;1-2-6-4-3-5-7-6;2*1-2/h3-7H,2H2,1H3;3-5H,2H2,1H3;2*1-2H3. The van der Waals surface area contributed by atoms with Gasteiger partial charge in [0.1, 0.15) is 0 Å². The molecule has 0 aliphatic heterocycles. The predicted molar refractivity (Wildman–Crippen MR) is 92.2 cm³/mol. The van der Waals surface area contributed by atoms with E-state index in [4.69, 9.17) is 0 Å². The maximum absolute atomic E-state index is 2.17. The van der Waals surface area contributed by atoms with Gasteiger partial charge in [-0.25, -0.2) is 0 Å². The smallest absolute Gasteiger partial charge is 0.00424 e. The second-order valence-electron chi connectivity index (χ2n) is 3.27. The summed E-state index contributed by atoms with van der Waals surface area (Å²) in [7, 11) is 0. The van der Waals surface area contributed by atoms with Crippen molar-refractivity contribution in [3.05, 3.63) is 58.3 Å². The van der Waals surface area contributed by atoms with Gasteiger partial charge in [0, 0.05) is 4.88 Å². The molecule has 0 aliphatic carbocycles. The minimum Gasteiger partial charge on any atom is -0.149 e. The Balaban J connectivity index is 0. The van der Waals surface area contributed by atoms with E-state index in [1.165, 1.54) is 16.9 Å². The Hall–Kier alpha value is -1.08. The van der Waals surface area contributed by atoms with Crippen molar-refractivity contribution in [2.45, 2.75) is 54.4 Å². The van der Waals surface area contributed by atoms with E-state index in [0.29, 0.717) is 0 Å². The summed E-state index contributed by atoms with van der Waals surface area (Å²) in [5.74, 6) is 0. The fourth-order valence-electron chi connectivity index (χ4n) is 1.23. The van der Waals surface area contributed by atoms with Crippen molar-refractivity contribution in [3.63, 3.8) is 0 Å². The first-order valence-corrected chi connectivity index (χ1v) is 8.31. The Morgan fingerprint density at radius 2 is 1.32 bits per heavy atom. The van der Waals surface area contributed by atoms with Gasteiger partial charge in [-0.2, -0.15) is 0 Å². The molecule has 0 fully saturated rings. The number of hydrogen-bond donors (Lipinski definition) is 0. The zero-order chi connectivity index (χ0) is 14.9. The molecule has 0 saturated heterocycles. The van der Waals surface area contributed by atoms with Crippen LogP contribution in [-0.2, 0) is 12.8 Å². The minimum atomic E-state index is 1.14. The maximum atomic E-state index is 2.17. The van der Waals surface area contributed by atoms with Gasteiger partial charge in [0.05, 0.1) is 0 Å². The second kappa shape index (κ2) is 16.9. The molecule has 2 aromatic rings. The van der Waals surface area contributed by atoms with Crippen molar-refractivity contribution < 1.29 is 0 Å². The van der Waals surface area contributed by atoms with Gasteiger partial charge in [-0.1, -0.05) is 77.9 Å². The zero-order valence-electron chi connectivity index (χ0n) is 13.4. The lowest BCUT2D eigenvalue weighted by molar-refractivity contribution is 1.14. The Labute approximate surface area is 124 Å². The van der Waals surface area contributed by atoms with Crippen LogP contribution < -0.4 is 0 Å². The summed E-state index contributed by atoms with van der Waals surface area (Å²) in [6.07, 6.45) is 2.32. The topological polar surface area (TPSA) is 0 Å². The van der Waals surface area contributed by atoms with Gasteiger partial charge < -0.3 is 0 Å². The Kier molecular flexibility index (Phi) is 18.0. The molecule has 1 aromatic carbocycles. The first kappa shape index (κ1) is 20.2. The van der Waals surface area contributed by atoms with Crippen molar-refractivity contribution in [2.24, 2.45) is 0 Å². The third-order valence-electron chi connectivity index (χ3n) is 2.18. The number of rotatable bonds is 2. The first-order chi connectivity index (χ1) is 9.36. The largest absolute Gasteiger partial charge is 0.149 e. The molecular formula is C18H30S. The minimum absolute atomic E-state index is 1.14. The average molecular weight is 279 g/mol. The lowest BCUT2D eigenvalue weighted by Crippen LogP contribution is -1.73. The van der Waals surface area contributed by atoms with Crippen LogP contribution in [0.3, 0.4) is 0 Å². The van der Waals surface area contributed by atoms with E-state index < -0.39 is 0 Å². The Morgan fingerprint density at radius 1 is 0.737 bits per heavy atom. The molecule has 0 spiro atoms. The molecule has 0 saturated carbocycles. The van der Waals surface area contributed by atoms with Crippen LogP contribution >= 0.6 is 11.3 Å². The van der Waals surface area contributed by atoms with E-state index in [1.807, 2.05) is 45.1 Å². The van der Waals surface area contributed by atoms with Crippen molar-refractivity contribution in [1.29, 1.82) is 0 Å². The van der Waals surface area contributed by atoms with Crippen molar-refractivity contribution in [2.75, 3.05) is 0 Å². The first-order valence-electron chi connectivity index (χ1n) is 7.43. The van der Waals surface area contributed by atoms with Crippen LogP contribution in [0.4, 0.5) is 0 Å². The van der Waals surface area contributed by atoms with Crippen LogP contribution in [-0.4, -0.2) is 0 Å². The third kappa shape index (κ3) is 11.7. The predicted octanol–water partition coefficient (Wildman–Crippen LogP) is 6.61.